The molecule has 7 nitrogen and oxygen atoms in total. The summed E-state index contributed by atoms with van der Waals surface area (Å²) >= 11 is 0. The molecule has 28 heavy (non-hydrogen) atoms. The lowest BCUT2D eigenvalue weighted by Gasteiger charge is -2.37. The van der Waals surface area contributed by atoms with Crippen LogP contribution in [0.1, 0.15) is 11.1 Å². The fourth-order valence-electron chi connectivity index (χ4n) is 3.60. The van der Waals surface area contributed by atoms with Crippen molar-refractivity contribution in [2.24, 2.45) is 4.99 Å². The van der Waals surface area contributed by atoms with Gasteiger partial charge in [-0.2, -0.15) is 0 Å². The molecule has 0 radical (unpaired) electrons. The minimum absolute atomic E-state index is 0.533. The summed E-state index contributed by atoms with van der Waals surface area (Å²) in [4.78, 5) is 6.28. The zero-order chi connectivity index (χ0) is 19.7. The number of nitrogens with one attached hydrogen (secondary N) is 1. The van der Waals surface area contributed by atoms with Crippen LogP contribution in [0.5, 0.6) is 17.2 Å². The van der Waals surface area contributed by atoms with Gasteiger partial charge in [-0.25, -0.2) is 4.99 Å². The molecule has 2 aromatic rings. The SMILES string of the molecule is COc1ccc2c(c1)CCN1C2=CC(Nc2c(OC)cccc2OC)=NC1O. The Morgan fingerprint density at radius 1 is 1.07 bits per heavy atom. The summed E-state index contributed by atoms with van der Waals surface area (Å²) in [7, 11) is 4.86. The number of hydrogen-bond donors (Lipinski definition) is 2. The van der Waals surface area contributed by atoms with E-state index in [1.54, 1.807) is 21.3 Å². The van der Waals surface area contributed by atoms with Crippen molar-refractivity contribution < 1.29 is 19.3 Å². The minimum Gasteiger partial charge on any atom is -0.497 e. The largest absolute Gasteiger partial charge is 0.497 e. The average Bonchev–Trinajstić information content (AvgIpc) is 2.73. The third kappa shape index (κ3) is 3.14. The van der Waals surface area contributed by atoms with Gasteiger partial charge < -0.3 is 29.5 Å². The van der Waals surface area contributed by atoms with Crippen molar-refractivity contribution in [1.29, 1.82) is 0 Å². The van der Waals surface area contributed by atoms with Crippen molar-refractivity contribution in [2.45, 2.75) is 12.8 Å². The van der Waals surface area contributed by atoms with Crippen molar-refractivity contribution >= 4 is 17.2 Å². The van der Waals surface area contributed by atoms with Crippen molar-refractivity contribution in [2.75, 3.05) is 33.2 Å². The molecule has 7 heteroatoms. The lowest BCUT2D eigenvalue weighted by molar-refractivity contribution is 0.0511. The molecule has 0 fully saturated rings. The van der Waals surface area contributed by atoms with Crippen LogP contribution in [0.2, 0.25) is 0 Å². The number of aliphatic hydroxyl groups is 1. The van der Waals surface area contributed by atoms with Gasteiger partial charge in [-0.1, -0.05) is 6.07 Å². The number of hydrogen-bond acceptors (Lipinski definition) is 7. The number of rotatable bonds is 4. The molecule has 1 unspecified atom stereocenters. The fourth-order valence-corrected chi connectivity index (χ4v) is 3.60. The van der Waals surface area contributed by atoms with Gasteiger partial charge in [0.2, 0.25) is 6.35 Å². The molecule has 0 saturated heterocycles. The first kappa shape index (κ1) is 18.2. The Balaban J connectivity index is 1.72. The number of fused-ring (bicyclic) bond motifs is 3. The van der Waals surface area contributed by atoms with Gasteiger partial charge in [-0.05, 0) is 42.3 Å². The summed E-state index contributed by atoms with van der Waals surface area (Å²) in [5.74, 6) is 2.62. The summed E-state index contributed by atoms with van der Waals surface area (Å²) < 4.78 is 16.2. The number of ether oxygens (including phenoxy) is 3. The lowest BCUT2D eigenvalue weighted by atomic mass is 9.95. The summed E-state index contributed by atoms with van der Waals surface area (Å²) in [6.07, 6.45) is 1.79. The van der Waals surface area contributed by atoms with E-state index in [0.29, 0.717) is 29.6 Å². The van der Waals surface area contributed by atoms with Crippen LogP contribution in [0.15, 0.2) is 47.5 Å². The quantitative estimate of drug-likeness (QED) is 0.848. The first-order chi connectivity index (χ1) is 13.6. The molecule has 146 valence electrons. The topological polar surface area (TPSA) is 75.6 Å². The molecule has 4 rings (SSSR count). The second kappa shape index (κ2) is 7.44. The minimum atomic E-state index is -0.960. The number of benzene rings is 2. The third-order valence-corrected chi connectivity index (χ3v) is 5.01. The Labute approximate surface area is 163 Å². The van der Waals surface area contributed by atoms with Crippen molar-refractivity contribution in [3.8, 4) is 17.2 Å². The van der Waals surface area contributed by atoms with E-state index in [-0.39, 0.29) is 0 Å². The van der Waals surface area contributed by atoms with E-state index >= 15 is 0 Å². The van der Waals surface area contributed by atoms with Gasteiger partial charge in [0.1, 0.15) is 28.8 Å². The normalized spacial score (nSPS) is 17.7. The molecular weight excluding hydrogens is 358 g/mol. The maximum absolute atomic E-state index is 10.6. The standard InChI is InChI=1S/C21H23N3O4/c1-26-14-7-8-15-13(11-14)9-10-24-16(15)12-19(23-21(24)25)22-20-17(27-2)5-4-6-18(20)28-3/h4-8,11-12,21,25H,9-10H2,1-3H3,(H,22,23). The molecule has 0 spiro atoms. The highest BCUT2D eigenvalue weighted by Crippen LogP contribution is 2.37. The van der Waals surface area contributed by atoms with E-state index in [2.05, 4.69) is 10.3 Å². The van der Waals surface area contributed by atoms with Crippen molar-refractivity contribution in [1.82, 2.24) is 4.90 Å². The zero-order valence-corrected chi connectivity index (χ0v) is 16.1. The molecule has 2 heterocycles. The number of para-hydroxylation sites is 1. The average molecular weight is 381 g/mol. The van der Waals surface area contributed by atoms with Crippen LogP contribution in [0.4, 0.5) is 5.69 Å². The smallest absolute Gasteiger partial charge is 0.227 e. The molecule has 2 aromatic carbocycles. The predicted octanol–water partition coefficient (Wildman–Crippen LogP) is 2.71. The monoisotopic (exact) mass is 381 g/mol. The van der Waals surface area contributed by atoms with Gasteiger partial charge in [0, 0.05) is 18.2 Å². The number of aliphatic imine (C=N–C) groups is 1. The fraction of sp³-hybridized carbons (Fsp3) is 0.286. The molecule has 0 bridgehead atoms. The lowest BCUT2D eigenvalue weighted by Crippen LogP contribution is -2.41. The molecule has 2 N–H and O–H groups in total. The molecule has 2 aliphatic rings. The second-order valence-corrected chi connectivity index (χ2v) is 6.52. The second-order valence-electron chi connectivity index (χ2n) is 6.52. The van der Waals surface area contributed by atoms with Gasteiger partial charge in [-0.3, -0.25) is 0 Å². The van der Waals surface area contributed by atoms with Gasteiger partial charge in [0.25, 0.3) is 0 Å². The zero-order valence-electron chi connectivity index (χ0n) is 16.1. The van der Waals surface area contributed by atoms with Crippen LogP contribution in [0, 0.1) is 0 Å². The highest BCUT2D eigenvalue weighted by Gasteiger charge is 2.29. The molecule has 0 aliphatic carbocycles. The Kier molecular flexibility index (Phi) is 4.83. The number of aliphatic hydroxyl groups excluding tert-OH is 1. The van der Waals surface area contributed by atoms with Gasteiger partial charge >= 0.3 is 0 Å². The third-order valence-electron chi connectivity index (χ3n) is 5.01. The van der Waals surface area contributed by atoms with E-state index in [4.69, 9.17) is 14.2 Å². The predicted molar refractivity (Wildman–Crippen MR) is 108 cm³/mol. The van der Waals surface area contributed by atoms with Crippen LogP contribution in [0.25, 0.3) is 5.70 Å². The maximum atomic E-state index is 10.6. The molecule has 0 aromatic heterocycles. The molecule has 2 aliphatic heterocycles. The van der Waals surface area contributed by atoms with Gasteiger partial charge in [0.05, 0.1) is 27.0 Å². The van der Waals surface area contributed by atoms with Crippen molar-refractivity contribution in [3.63, 3.8) is 0 Å². The Hall–Kier alpha value is -3.19. The summed E-state index contributed by atoms with van der Waals surface area (Å²) in [6.45, 7) is 0.682. The van der Waals surface area contributed by atoms with Crippen LogP contribution in [-0.4, -0.2) is 50.1 Å². The van der Waals surface area contributed by atoms with Crippen molar-refractivity contribution in [3.05, 3.63) is 53.6 Å². The summed E-state index contributed by atoms with van der Waals surface area (Å²) in [6, 6.07) is 11.5. The van der Waals surface area contributed by atoms with E-state index in [1.807, 2.05) is 47.4 Å². The highest BCUT2D eigenvalue weighted by molar-refractivity contribution is 6.10. The van der Waals surface area contributed by atoms with Crippen LogP contribution < -0.4 is 19.5 Å². The van der Waals surface area contributed by atoms with E-state index in [1.165, 1.54) is 5.56 Å². The van der Waals surface area contributed by atoms with Crippen LogP contribution >= 0.6 is 0 Å². The Morgan fingerprint density at radius 3 is 2.50 bits per heavy atom. The molecule has 0 saturated carbocycles. The Bertz CT molecular complexity index is 932. The Morgan fingerprint density at radius 2 is 1.82 bits per heavy atom. The maximum Gasteiger partial charge on any atom is 0.227 e. The molecule has 0 amide bonds. The summed E-state index contributed by atoms with van der Waals surface area (Å²) in [5, 5.41) is 13.9. The molecular formula is C21H23N3O4. The summed E-state index contributed by atoms with van der Waals surface area (Å²) in [5.41, 5.74) is 3.83. The number of amidine groups is 1. The van der Waals surface area contributed by atoms with E-state index in [0.717, 1.165) is 23.4 Å². The van der Waals surface area contributed by atoms with Gasteiger partial charge in [-0.15, -0.1) is 0 Å². The van der Waals surface area contributed by atoms with E-state index < -0.39 is 6.35 Å². The van der Waals surface area contributed by atoms with Gasteiger partial charge in [0.15, 0.2) is 0 Å². The number of anilines is 1. The number of methoxy groups -OCH3 is 3. The first-order valence-corrected chi connectivity index (χ1v) is 9.04. The van der Waals surface area contributed by atoms with Crippen LogP contribution in [0.3, 0.4) is 0 Å². The highest BCUT2D eigenvalue weighted by atomic mass is 16.5. The molecule has 1 atom stereocenters. The van der Waals surface area contributed by atoms with Crippen LogP contribution in [-0.2, 0) is 6.42 Å². The first-order valence-electron chi connectivity index (χ1n) is 9.04. The number of nitrogens with zero attached hydrogens (tertiary/aromatic N) is 2. The van der Waals surface area contributed by atoms with E-state index in [9.17, 15) is 5.11 Å².